The number of amides is 1. The summed E-state index contributed by atoms with van der Waals surface area (Å²) in [6, 6.07) is 6.29. The average molecular weight is 326 g/mol. The summed E-state index contributed by atoms with van der Waals surface area (Å²) < 4.78 is 2.85. The van der Waals surface area contributed by atoms with Gasteiger partial charge in [0.15, 0.2) is 0 Å². The van der Waals surface area contributed by atoms with Gasteiger partial charge in [-0.05, 0) is 24.3 Å². The second-order valence-electron chi connectivity index (χ2n) is 3.47. The number of carbonyl (C=O) groups excluding carboxylic acids is 2. The lowest BCUT2D eigenvalue weighted by Crippen LogP contribution is -2.45. The highest BCUT2D eigenvalue weighted by Gasteiger charge is 2.32. The van der Waals surface area contributed by atoms with E-state index in [2.05, 4.69) is 15.4 Å². The number of halogens is 3. The lowest BCUT2D eigenvalue weighted by atomic mass is 10.2. The normalized spacial score (nSPS) is 12.4. The Hall–Kier alpha value is -1.17. The third-order valence-electron chi connectivity index (χ3n) is 2.18. The molecule has 0 fully saturated rings. The number of methoxy groups -OCH3 is 1. The minimum Gasteiger partial charge on any atom is -0.465 e. The van der Waals surface area contributed by atoms with Gasteiger partial charge in [-0.1, -0.05) is 34.8 Å². The molecule has 1 rings (SSSR count). The third-order valence-corrected chi connectivity index (χ3v) is 2.83. The van der Waals surface area contributed by atoms with Gasteiger partial charge in [0.1, 0.15) is 6.17 Å². The van der Waals surface area contributed by atoms with Crippen LogP contribution in [0.5, 0.6) is 0 Å². The summed E-state index contributed by atoms with van der Waals surface area (Å²) >= 11 is 17.1. The number of alkyl halides is 3. The number of esters is 1. The van der Waals surface area contributed by atoms with Crippen molar-refractivity contribution in [1.29, 1.82) is 0 Å². The Bertz CT molecular complexity index is 445. The Labute approximate surface area is 125 Å². The summed E-state index contributed by atoms with van der Waals surface area (Å²) in [5.74, 6) is -0.449. The fourth-order valence-electron chi connectivity index (χ4n) is 1.27. The summed E-state index contributed by atoms with van der Waals surface area (Å²) in [6.45, 7) is 0. The zero-order valence-corrected chi connectivity index (χ0v) is 12.1. The quantitative estimate of drug-likeness (QED) is 0.377. The molecule has 1 amide bonds. The van der Waals surface area contributed by atoms with Gasteiger partial charge in [0.05, 0.1) is 12.7 Å². The highest BCUT2D eigenvalue weighted by Crippen LogP contribution is 2.30. The van der Waals surface area contributed by atoms with Crippen molar-refractivity contribution in [2.75, 3.05) is 12.4 Å². The molecule has 0 aliphatic carbocycles. The van der Waals surface area contributed by atoms with Crippen LogP contribution in [0.3, 0.4) is 0 Å². The molecule has 0 radical (unpaired) electrons. The van der Waals surface area contributed by atoms with E-state index in [-0.39, 0.29) is 0 Å². The molecule has 104 valence electrons. The number of anilines is 1. The topological polar surface area (TPSA) is 67.4 Å². The maximum atomic E-state index is 11.2. The first-order valence-corrected chi connectivity index (χ1v) is 6.23. The van der Waals surface area contributed by atoms with Gasteiger partial charge < -0.3 is 15.4 Å². The smallest absolute Gasteiger partial charge is 0.337 e. The summed E-state index contributed by atoms with van der Waals surface area (Å²) in [5, 5.41) is 5.15. The molecule has 2 N–H and O–H groups in total. The molecule has 1 unspecified atom stereocenters. The van der Waals surface area contributed by atoms with Gasteiger partial charge in [-0.25, -0.2) is 4.79 Å². The molecule has 1 atom stereocenters. The van der Waals surface area contributed by atoms with Crippen LogP contribution in [0.15, 0.2) is 24.3 Å². The van der Waals surface area contributed by atoms with Crippen LogP contribution in [0.25, 0.3) is 0 Å². The molecule has 8 heteroatoms. The van der Waals surface area contributed by atoms with Crippen LogP contribution in [0.4, 0.5) is 5.69 Å². The number of carbonyl (C=O) groups is 2. The Morgan fingerprint density at radius 1 is 1.32 bits per heavy atom. The Morgan fingerprint density at radius 3 is 2.32 bits per heavy atom. The molecule has 0 heterocycles. The van der Waals surface area contributed by atoms with E-state index in [0.29, 0.717) is 17.7 Å². The van der Waals surface area contributed by atoms with E-state index in [4.69, 9.17) is 34.8 Å². The van der Waals surface area contributed by atoms with Gasteiger partial charge in [0.2, 0.25) is 10.2 Å². The highest BCUT2D eigenvalue weighted by molar-refractivity contribution is 6.68. The summed E-state index contributed by atoms with van der Waals surface area (Å²) in [5.41, 5.74) is 0.958. The Kier molecular flexibility index (Phi) is 5.72. The predicted molar refractivity (Wildman–Crippen MR) is 74.7 cm³/mol. The summed E-state index contributed by atoms with van der Waals surface area (Å²) in [6.07, 6.45) is -0.485. The van der Waals surface area contributed by atoms with Crippen molar-refractivity contribution < 1.29 is 14.3 Å². The van der Waals surface area contributed by atoms with Crippen molar-refractivity contribution in [2.24, 2.45) is 0 Å². The molecule has 0 aliphatic heterocycles. The average Bonchev–Trinajstić information content (AvgIpc) is 2.37. The first kappa shape index (κ1) is 15.9. The van der Waals surface area contributed by atoms with E-state index in [9.17, 15) is 9.59 Å². The number of hydrogen-bond donors (Lipinski definition) is 2. The summed E-state index contributed by atoms with van der Waals surface area (Å²) in [4.78, 5) is 21.7. The number of rotatable bonds is 5. The van der Waals surface area contributed by atoms with Crippen molar-refractivity contribution in [2.45, 2.75) is 9.96 Å². The minimum atomic E-state index is -1.72. The number of ether oxygens (including phenoxy) is 1. The third kappa shape index (κ3) is 4.78. The Balaban J connectivity index is 2.80. The van der Waals surface area contributed by atoms with Crippen molar-refractivity contribution >= 4 is 52.9 Å². The molecular weight excluding hydrogens is 314 g/mol. The maximum absolute atomic E-state index is 11.2. The zero-order chi connectivity index (χ0) is 14.5. The van der Waals surface area contributed by atoms with E-state index in [1.807, 2.05) is 0 Å². The Morgan fingerprint density at radius 2 is 1.89 bits per heavy atom. The second-order valence-corrected chi connectivity index (χ2v) is 5.84. The van der Waals surface area contributed by atoms with Gasteiger partial charge in [0, 0.05) is 5.69 Å². The summed E-state index contributed by atoms with van der Waals surface area (Å²) in [7, 11) is 1.29. The van der Waals surface area contributed by atoms with Crippen LogP contribution in [-0.2, 0) is 9.53 Å². The molecule has 0 saturated heterocycles. The molecule has 19 heavy (non-hydrogen) atoms. The van der Waals surface area contributed by atoms with E-state index < -0.39 is 15.9 Å². The number of nitrogens with one attached hydrogen (secondary N) is 2. The molecule has 0 bridgehead atoms. The molecule has 0 aromatic heterocycles. The van der Waals surface area contributed by atoms with Crippen LogP contribution < -0.4 is 10.6 Å². The monoisotopic (exact) mass is 324 g/mol. The van der Waals surface area contributed by atoms with E-state index in [1.165, 1.54) is 7.11 Å². The zero-order valence-electron chi connectivity index (χ0n) is 9.82. The van der Waals surface area contributed by atoms with E-state index in [0.717, 1.165) is 0 Å². The van der Waals surface area contributed by atoms with Crippen LogP contribution in [0, 0.1) is 0 Å². The van der Waals surface area contributed by atoms with Gasteiger partial charge in [-0.15, -0.1) is 0 Å². The molecule has 5 nitrogen and oxygen atoms in total. The van der Waals surface area contributed by atoms with Crippen LogP contribution in [-0.4, -0.2) is 29.4 Å². The fraction of sp³-hybridized carbons (Fsp3) is 0.273. The highest BCUT2D eigenvalue weighted by atomic mass is 35.6. The van der Waals surface area contributed by atoms with Gasteiger partial charge in [0.25, 0.3) is 0 Å². The second kappa shape index (κ2) is 6.84. The first-order valence-electron chi connectivity index (χ1n) is 5.10. The maximum Gasteiger partial charge on any atom is 0.337 e. The van der Waals surface area contributed by atoms with Crippen molar-refractivity contribution in [3.05, 3.63) is 29.8 Å². The van der Waals surface area contributed by atoms with Crippen LogP contribution >= 0.6 is 34.8 Å². The minimum absolute atomic E-state index is 0.391. The van der Waals surface area contributed by atoms with Crippen molar-refractivity contribution in [3.8, 4) is 0 Å². The van der Waals surface area contributed by atoms with E-state index >= 15 is 0 Å². The van der Waals surface area contributed by atoms with Crippen LogP contribution in [0.2, 0.25) is 0 Å². The van der Waals surface area contributed by atoms with Crippen molar-refractivity contribution in [1.82, 2.24) is 5.32 Å². The molecule has 1 aromatic rings. The van der Waals surface area contributed by atoms with Gasteiger partial charge in [-0.3, -0.25) is 4.79 Å². The molecule has 1 aromatic carbocycles. The fourth-order valence-corrected chi connectivity index (χ4v) is 1.63. The van der Waals surface area contributed by atoms with Crippen molar-refractivity contribution in [3.63, 3.8) is 0 Å². The lowest BCUT2D eigenvalue weighted by Gasteiger charge is -2.25. The first-order chi connectivity index (χ1) is 8.88. The van der Waals surface area contributed by atoms with Crippen LogP contribution in [0.1, 0.15) is 10.4 Å². The standard InChI is InChI=1S/C11H11Cl3N2O3/c1-19-9(18)7-2-4-8(5-3-7)16-10(15-6-17)11(12,13)14/h2-6,10,16H,1H3,(H,15,17). The molecule has 0 aliphatic rings. The predicted octanol–water partition coefficient (Wildman–Crippen LogP) is 2.33. The molecular formula is C11H11Cl3N2O3. The van der Waals surface area contributed by atoms with E-state index in [1.54, 1.807) is 24.3 Å². The van der Waals surface area contributed by atoms with Gasteiger partial charge >= 0.3 is 5.97 Å². The van der Waals surface area contributed by atoms with Gasteiger partial charge in [-0.2, -0.15) is 0 Å². The molecule has 0 saturated carbocycles. The SMILES string of the molecule is COC(=O)c1ccc(NC(NC=O)C(Cl)(Cl)Cl)cc1. The largest absolute Gasteiger partial charge is 0.465 e. The number of hydrogen-bond acceptors (Lipinski definition) is 4. The lowest BCUT2D eigenvalue weighted by molar-refractivity contribution is -0.110. The molecule has 0 spiro atoms. The number of benzene rings is 1.